The Kier molecular flexibility index (Phi) is 4.26. The molecule has 0 unspecified atom stereocenters. The van der Waals surface area contributed by atoms with Gasteiger partial charge in [-0.1, -0.05) is 24.3 Å². The molecule has 0 fully saturated rings. The van der Waals surface area contributed by atoms with E-state index in [2.05, 4.69) is 26.7 Å². The van der Waals surface area contributed by atoms with E-state index in [1.165, 1.54) is 17.0 Å². The van der Waals surface area contributed by atoms with E-state index in [4.69, 9.17) is 0 Å². The fourth-order valence-corrected chi connectivity index (χ4v) is 3.19. The van der Waals surface area contributed by atoms with Crippen LogP contribution in [0.15, 0.2) is 66.0 Å². The average Bonchev–Trinajstić information content (AvgIpc) is 3.13. The Bertz CT molecular complexity index is 1000. The van der Waals surface area contributed by atoms with E-state index in [1.54, 1.807) is 23.5 Å². The van der Waals surface area contributed by atoms with Gasteiger partial charge in [-0.05, 0) is 41.8 Å². The van der Waals surface area contributed by atoms with E-state index >= 15 is 0 Å². The number of halogens is 1. The lowest BCUT2D eigenvalue weighted by Crippen LogP contribution is -2.05. The van der Waals surface area contributed by atoms with E-state index in [0.717, 1.165) is 16.7 Å². The average molecular weight is 350 g/mol. The van der Waals surface area contributed by atoms with Gasteiger partial charge in [0.15, 0.2) is 0 Å². The van der Waals surface area contributed by atoms with Crippen LogP contribution in [-0.2, 0) is 6.54 Å². The van der Waals surface area contributed by atoms with Gasteiger partial charge >= 0.3 is 0 Å². The van der Waals surface area contributed by atoms with Gasteiger partial charge in [-0.3, -0.25) is 0 Å². The summed E-state index contributed by atoms with van der Waals surface area (Å²) < 4.78 is 13.4. The van der Waals surface area contributed by atoms with E-state index in [9.17, 15) is 4.39 Å². The Morgan fingerprint density at radius 1 is 0.960 bits per heavy atom. The predicted octanol–water partition coefficient (Wildman–Crippen LogP) is 5.19. The molecule has 0 aliphatic heterocycles. The number of fused-ring (bicyclic) bond motifs is 1. The number of hydrogen-bond acceptors (Lipinski definition) is 5. The molecule has 0 saturated heterocycles. The Labute approximate surface area is 148 Å². The van der Waals surface area contributed by atoms with Gasteiger partial charge in [-0.25, -0.2) is 9.37 Å². The van der Waals surface area contributed by atoms with Crippen LogP contribution >= 0.6 is 11.3 Å². The van der Waals surface area contributed by atoms with Gasteiger partial charge in [0.05, 0.1) is 12.1 Å². The highest BCUT2D eigenvalue weighted by atomic mass is 32.1. The molecule has 4 nitrogen and oxygen atoms in total. The van der Waals surface area contributed by atoms with Crippen molar-refractivity contribution in [1.82, 2.24) is 9.97 Å². The normalized spacial score (nSPS) is 10.8. The lowest BCUT2D eigenvalue weighted by atomic mass is 10.2. The van der Waals surface area contributed by atoms with E-state index in [0.29, 0.717) is 18.2 Å². The summed E-state index contributed by atoms with van der Waals surface area (Å²) in [6, 6.07) is 18.2. The van der Waals surface area contributed by atoms with Crippen LogP contribution < -0.4 is 10.6 Å². The van der Waals surface area contributed by atoms with Crippen molar-refractivity contribution in [3.8, 4) is 0 Å². The molecule has 2 aromatic carbocycles. The van der Waals surface area contributed by atoms with Gasteiger partial charge in [0, 0.05) is 16.0 Å². The first-order chi connectivity index (χ1) is 12.3. The minimum atomic E-state index is -0.304. The predicted molar refractivity (Wildman–Crippen MR) is 101 cm³/mol. The van der Waals surface area contributed by atoms with Gasteiger partial charge in [-0.2, -0.15) is 4.98 Å². The summed E-state index contributed by atoms with van der Waals surface area (Å²) in [4.78, 5) is 10.3. The maximum atomic E-state index is 13.4. The quantitative estimate of drug-likeness (QED) is 0.520. The van der Waals surface area contributed by atoms with Crippen LogP contribution in [-0.4, -0.2) is 9.97 Å². The van der Waals surface area contributed by atoms with Crippen LogP contribution in [0.3, 0.4) is 0 Å². The van der Waals surface area contributed by atoms with E-state index in [1.807, 2.05) is 35.7 Å². The summed E-state index contributed by atoms with van der Waals surface area (Å²) in [6.07, 6.45) is 0. The van der Waals surface area contributed by atoms with Crippen molar-refractivity contribution in [2.75, 3.05) is 10.6 Å². The summed E-state index contributed by atoms with van der Waals surface area (Å²) in [7, 11) is 0. The standard InChI is InChI=1S/C19H15FN4S/c20-13-5-3-6-14(11-13)22-19-23-17-9-2-1-8-16(17)18(24-19)21-12-15-7-4-10-25-15/h1-11H,12H2,(H2,21,22,23,24). The fraction of sp³-hybridized carbons (Fsp3) is 0.0526. The monoisotopic (exact) mass is 350 g/mol. The van der Waals surface area contributed by atoms with Gasteiger partial charge in [-0.15, -0.1) is 11.3 Å². The zero-order chi connectivity index (χ0) is 17.1. The zero-order valence-electron chi connectivity index (χ0n) is 13.2. The zero-order valence-corrected chi connectivity index (χ0v) is 14.1. The van der Waals surface area contributed by atoms with Crippen LogP contribution in [0.1, 0.15) is 4.88 Å². The van der Waals surface area contributed by atoms with Crippen LogP contribution in [0.25, 0.3) is 10.9 Å². The van der Waals surface area contributed by atoms with E-state index in [-0.39, 0.29) is 5.82 Å². The maximum absolute atomic E-state index is 13.4. The molecule has 0 amide bonds. The van der Waals surface area contributed by atoms with Gasteiger partial charge < -0.3 is 10.6 Å². The van der Waals surface area contributed by atoms with Crippen LogP contribution in [0, 0.1) is 5.82 Å². The number of para-hydroxylation sites is 1. The van der Waals surface area contributed by atoms with Crippen molar-refractivity contribution < 1.29 is 4.39 Å². The second kappa shape index (κ2) is 6.86. The van der Waals surface area contributed by atoms with Crippen molar-refractivity contribution in [1.29, 1.82) is 0 Å². The summed E-state index contributed by atoms with van der Waals surface area (Å²) >= 11 is 1.69. The molecule has 0 aliphatic carbocycles. The molecular formula is C19H15FN4S. The molecule has 0 saturated carbocycles. The highest BCUT2D eigenvalue weighted by Gasteiger charge is 2.08. The summed E-state index contributed by atoms with van der Waals surface area (Å²) in [5.41, 5.74) is 1.43. The first-order valence-electron chi connectivity index (χ1n) is 7.83. The first kappa shape index (κ1) is 15.5. The number of hydrogen-bond donors (Lipinski definition) is 2. The van der Waals surface area contributed by atoms with Crippen molar-refractivity contribution in [3.63, 3.8) is 0 Å². The minimum Gasteiger partial charge on any atom is -0.364 e. The molecule has 124 valence electrons. The molecule has 4 rings (SSSR count). The second-order valence-corrected chi connectivity index (χ2v) is 6.51. The van der Waals surface area contributed by atoms with Crippen LogP contribution in [0.4, 0.5) is 21.8 Å². The minimum absolute atomic E-state index is 0.304. The summed E-state index contributed by atoms with van der Waals surface area (Å²) in [6.45, 7) is 0.693. The van der Waals surface area contributed by atoms with E-state index < -0.39 is 0 Å². The molecule has 4 aromatic rings. The molecular weight excluding hydrogens is 335 g/mol. The van der Waals surface area contributed by atoms with Crippen molar-refractivity contribution >= 4 is 39.7 Å². The number of thiophene rings is 1. The second-order valence-electron chi connectivity index (χ2n) is 5.48. The largest absolute Gasteiger partial charge is 0.364 e. The number of nitrogens with one attached hydrogen (secondary N) is 2. The molecule has 2 N–H and O–H groups in total. The third-order valence-electron chi connectivity index (χ3n) is 3.69. The molecule has 0 radical (unpaired) electrons. The highest BCUT2D eigenvalue weighted by molar-refractivity contribution is 7.09. The van der Waals surface area contributed by atoms with Crippen molar-refractivity contribution in [3.05, 3.63) is 76.7 Å². The smallest absolute Gasteiger partial charge is 0.229 e. The molecule has 2 heterocycles. The molecule has 2 aromatic heterocycles. The first-order valence-corrected chi connectivity index (χ1v) is 8.71. The highest BCUT2D eigenvalue weighted by Crippen LogP contribution is 2.24. The third-order valence-corrected chi connectivity index (χ3v) is 4.57. The van der Waals surface area contributed by atoms with Crippen LogP contribution in [0.5, 0.6) is 0 Å². The summed E-state index contributed by atoms with van der Waals surface area (Å²) in [5, 5.41) is 9.44. The number of benzene rings is 2. The number of anilines is 3. The molecule has 0 bridgehead atoms. The van der Waals surface area contributed by atoms with Gasteiger partial charge in [0.2, 0.25) is 5.95 Å². The molecule has 25 heavy (non-hydrogen) atoms. The third kappa shape index (κ3) is 3.59. The Hall–Kier alpha value is -2.99. The summed E-state index contributed by atoms with van der Waals surface area (Å²) in [5.74, 6) is 0.873. The van der Waals surface area contributed by atoms with Gasteiger partial charge in [0.25, 0.3) is 0 Å². The van der Waals surface area contributed by atoms with Crippen molar-refractivity contribution in [2.24, 2.45) is 0 Å². The Morgan fingerprint density at radius 2 is 1.88 bits per heavy atom. The number of aromatic nitrogens is 2. The molecule has 6 heteroatoms. The lowest BCUT2D eigenvalue weighted by molar-refractivity contribution is 0.628. The van der Waals surface area contributed by atoms with Crippen molar-refractivity contribution in [2.45, 2.75) is 6.54 Å². The molecule has 0 aliphatic rings. The van der Waals surface area contributed by atoms with Gasteiger partial charge in [0.1, 0.15) is 11.6 Å². The molecule has 0 spiro atoms. The fourth-order valence-electron chi connectivity index (χ4n) is 2.55. The lowest BCUT2D eigenvalue weighted by Gasteiger charge is -2.11. The Morgan fingerprint density at radius 3 is 2.72 bits per heavy atom. The number of nitrogens with zero attached hydrogens (tertiary/aromatic N) is 2. The Balaban J connectivity index is 1.67. The SMILES string of the molecule is Fc1cccc(Nc2nc(NCc3cccs3)c3ccccc3n2)c1. The topological polar surface area (TPSA) is 49.8 Å². The molecule has 0 atom stereocenters. The maximum Gasteiger partial charge on any atom is 0.229 e. The number of rotatable bonds is 5. The van der Waals surface area contributed by atoms with Crippen LogP contribution in [0.2, 0.25) is 0 Å².